The molecule has 0 aromatic rings. The summed E-state index contributed by atoms with van der Waals surface area (Å²) in [4.78, 5) is 4.04. The van der Waals surface area contributed by atoms with Gasteiger partial charge in [0.15, 0.2) is 0 Å². The molecule has 12 heavy (non-hydrogen) atoms. The molecule has 0 fully saturated rings. The average molecular weight is 165 g/mol. The van der Waals surface area contributed by atoms with Crippen LogP contribution in [-0.4, -0.2) is 6.21 Å². The minimum Gasteiger partial charge on any atom is -0.269 e. The van der Waals surface area contributed by atoms with E-state index < -0.39 is 0 Å². The lowest BCUT2D eigenvalue weighted by atomic mass is 9.99. The van der Waals surface area contributed by atoms with Crippen LogP contribution in [0.1, 0.15) is 34.6 Å². The van der Waals surface area contributed by atoms with E-state index in [0.717, 1.165) is 0 Å². The van der Waals surface area contributed by atoms with Crippen molar-refractivity contribution in [1.29, 1.82) is 0 Å². The third-order valence-corrected chi connectivity index (χ3v) is 1.69. The Hall–Kier alpha value is -0.850. The molecule has 0 radical (unpaired) electrons. The van der Waals surface area contributed by atoms with Gasteiger partial charge in [0.1, 0.15) is 0 Å². The first kappa shape index (κ1) is 11.2. The lowest BCUT2D eigenvalue weighted by Gasteiger charge is -2.07. The van der Waals surface area contributed by atoms with E-state index in [9.17, 15) is 0 Å². The predicted octanol–water partition coefficient (Wildman–Crippen LogP) is 3.58. The van der Waals surface area contributed by atoms with Crippen molar-refractivity contribution in [3.8, 4) is 0 Å². The predicted molar refractivity (Wildman–Crippen MR) is 56.5 cm³/mol. The summed E-state index contributed by atoms with van der Waals surface area (Å²) in [7, 11) is 0. The van der Waals surface area contributed by atoms with Crippen LogP contribution in [0, 0.1) is 5.92 Å². The van der Waals surface area contributed by atoms with Crippen LogP contribution in [0.2, 0.25) is 0 Å². The Kier molecular flexibility index (Phi) is 5.35. The monoisotopic (exact) mass is 165 g/mol. The van der Waals surface area contributed by atoms with Gasteiger partial charge in [-0.15, -0.1) is 0 Å². The molecule has 0 unspecified atom stereocenters. The van der Waals surface area contributed by atoms with Gasteiger partial charge in [-0.2, -0.15) is 0 Å². The maximum Gasteiger partial charge on any atom is 0.0266 e. The Morgan fingerprint density at radius 2 is 1.83 bits per heavy atom. The largest absolute Gasteiger partial charge is 0.269 e. The molecule has 0 saturated heterocycles. The summed E-state index contributed by atoms with van der Waals surface area (Å²) in [6.07, 6.45) is 5.72. The molecule has 0 aliphatic heterocycles. The lowest BCUT2D eigenvalue weighted by molar-refractivity contribution is 0.779. The van der Waals surface area contributed by atoms with Gasteiger partial charge in [-0.05, 0) is 38.3 Å². The van der Waals surface area contributed by atoms with Gasteiger partial charge in [0, 0.05) is 12.4 Å². The van der Waals surface area contributed by atoms with Crippen molar-refractivity contribution < 1.29 is 0 Å². The fourth-order valence-electron chi connectivity index (χ4n) is 1.15. The van der Waals surface area contributed by atoms with E-state index >= 15 is 0 Å². The molecule has 0 bridgehead atoms. The zero-order valence-corrected chi connectivity index (χ0v) is 8.76. The van der Waals surface area contributed by atoms with Gasteiger partial charge in [0.25, 0.3) is 0 Å². The minimum absolute atomic E-state index is 0.582. The van der Waals surface area contributed by atoms with E-state index in [-0.39, 0.29) is 0 Å². The average Bonchev–Trinajstić information content (AvgIpc) is 1.96. The van der Waals surface area contributed by atoms with Gasteiger partial charge in [0.2, 0.25) is 0 Å². The fourth-order valence-corrected chi connectivity index (χ4v) is 1.15. The van der Waals surface area contributed by atoms with Gasteiger partial charge in [-0.3, -0.25) is 4.99 Å². The SMILES string of the molecule is C/C=N\C=C/C(=C(C)C)C(C)C. The van der Waals surface area contributed by atoms with Crippen LogP contribution in [0.3, 0.4) is 0 Å². The summed E-state index contributed by atoms with van der Waals surface area (Å²) < 4.78 is 0. The molecule has 0 atom stereocenters. The van der Waals surface area contributed by atoms with Crippen molar-refractivity contribution in [2.45, 2.75) is 34.6 Å². The molecule has 0 aromatic heterocycles. The van der Waals surface area contributed by atoms with Gasteiger partial charge in [-0.25, -0.2) is 0 Å². The van der Waals surface area contributed by atoms with Gasteiger partial charge in [0.05, 0.1) is 0 Å². The minimum atomic E-state index is 0.582. The van der Waals surface area contributed by atoms with Crippen molar-refractivity contribution in [3.63, 3.8) is 0 Å². The van der Waals surface area contributed by atoms with E-state index in [1.807, 2.05) is 13.1 Å². The maximum absolute atomic E-state index is 4.04. The highest BCUT2D eigenvalue weighted by atomic mass is 14.6. The van der Waals surface area contributed by atoms with Crippen molar-refractivity contribution in [3.05, 3.63) is 23.4 Å². The third kappa shape index (κ3) is 4.12. The second-order valence-corrected chi connectivity index (χ2v) is 3.33. The summed E-state index contributed by atoms with van der Waals surface area (Å²) in [5, 5.41) is 0. The van der Waals surface area contributed by atoms with E-state index in [2.05, 4.69) is 38.8 Å². The highest BCUT2D eigenvalue weighted by Crippen LogP contribution is 2.15. The van der Waals surface area contributed by atoms with E-state index in [1.54, 1.807) is 6.21 Å². The van der Waals surface area contributed by atoms with Crippen LogP contribution in [0.5, 0.6) is 0 Å². The standard InChI is InChI=1S/C11H19N/c1-6-12-8-7-11(9(2)3)10(4)5/h6-9H,1-5H3/b8-7-,12-6-. The van der Waals surface area contributed by atoms with E-state index in [1.165, 1.54) is 11.1 Å². The fraction of sp³-hybridized carbons (Fsp3) is 0.545. The van der Waals surface area contributed by atoms with Crippen molar-refractivity contribution in [2.75, 3.05) is 0 Å². The molecule has 0 aromatic carbocycles. The second-order valence-electron chi connectivity index (χ2n) is 3.33. The van der Waals surface area contributed by atoms with Crippen LogP contribution >= 0.6 is 0 Å². The quantitative estimate of drug-likeness (QED) is 0.447. The van der Waals surface area contributed by atoms with E-state index in [0.29, 0.717) is 5.92 Å². The van der Waals surface area contributed by atoms with Crippen molar-refractivity contribution in [2.24, 2.45) is 10.9 Å². The van der Waals surface area contributed by atoms with Gasteiger partial charge >= 0.3 is 0 Å². The number of allylic oxidation sites excluding steroid dienone is 3. The molecule has 0 heterocycles. The summed E-state index contributed by atoms with van der Waals surface area (Å²) in [6.45, 7) is 10.6. The van der Waals surface area contributed by atoms with Crippen LogP contribution in [0.4, 0.5) is 0 Å². The number of rotatable bonds is 3. The summed E-state index contributed by atoms with van der Waals surface area (Å²) in [6, 6.07) is 0. The molecule has 0 N–H and O–H groups in total. The number of hydrogen-bond donors (Lipinski definition) is 0. The molecule has 0 amide bonds. The highest BCUT2D eigenvalue weighted by molar-refractivity contribution is 5.54. The highest BCUT2D eigenvalue weighted by Gasteiger charge is 1.99. The van der Waals surface area contributed by atoms with Crippen LogP contribution in [0.25, 0.3) is 0 Å². The van der Waals surface area contributed by atoms with Crippen LogP contribution in [0.15, 0.2) is 28.4 Å². The topological polar surface area (TPSA) is 12.4 Å². The number of nitrogens with zero attached hydrogens (tertiary/aromatic N) is 1. The molecule has 68 valence electrons. The molecular weight excluding hydrogens is 146 g/mol. The molecule has 0 spiro atoms. The normalized spacial score (nSPS) is 11.8. The molecule has 0 aliphatic rings. The van der Waals surface area contributed by atoms with Gasteiger partial charge in [-0.1, -0.05) is 19.4 Å². The number of aliphatic imine (C=N–C) groups is 1. The van der Waals surface area contributed by atoms with Gasteiger partial charge < -0.3 is 0 Å². The molecule has 1 heteroatoms. The first-order chi connectivity index (χ1) is 5.59. The van der Waals surface area contributed by atoms with Crippen molar-refractivity contribution in [1.82, 2.24) is 0 Å². The van der Waals surface area contributed by atoms with Crippen molar-refractivity contribution >= 4 is 6.21 Å². The molecule has 0 aliphatic carbocycles. The molecule has 0 rings (SSSR count). The Morgan fingerprint density at radius 1 is 1.25 bits per heavy atom. The Balaban J connectivity index is 4.47. The van der Waals surface area contributed by atoms with E-state index in [4.69, 9.17) is 0 Å². The zero-order chi connectivity index (χ0) is 9.56. The maximum atomic E-state index is 4.04. The Bertz CT molecular complexity index is 203. The first-order valence-corrected chi connectivity index (χ1v) is 4.41. The smallest absolute Gasteiger partial charge is 0.0266 e. The summed E-state index contributed by atoms with van der Waals surface area (Å²) in [5.41, 5.74) is 2.74. The lowest BCUT2D eigenvalue weighted by Crippen LogP contribution is -1.92. The summed E-state index contributed by atoms with van der Waals surface area (Å²) >= 11 is 0. The molecular formula is C11H19N. The Morgan fingerprint density at radius 3 is 2.17 bits per heavy atom. The molecule has 0 saturated carbocycles. The first-order valence-electron chi connectivity index (χ1n) is 4.41. The van der Waals surface area contributed by atoms with Crippen LogP contribution < -0.4 is 0 Å². The molecule has 1 nitrogen and oxygen atoms in total. The van der Waals surface area contributed by atoms with Crippen LogP contribution in [-0.2, 0) is 0 Å². The number of hydrogen-bond acceptors (Lipinski definition) is 1. The zero-order valence-electron chi connectivity index (χ0n) is 8.76. The summed E-state index contributed by atoms with van der Waals surface area (Å²) in [5.74, 6) is 0.582. The Labute approximate surface area is 75.9 Å². The second kappa shape index (κ2) is 5.76. The third-order valence-electron chi connectivity index (χ3n) is 1.69.